The highest BCUT2D eigenvalue weighted by Crippen LogP contribution is 2.31. The van der Waals surface area contributed by atoms with Crippen LogP contribution in [0.3, 0.4) is 0 Å². The van der Waals surface area contributed by atoms with E-state index in [2.05, 4.69) is 10.3 Å². The molecule has 0 radical (unpaired) electrons. The summed E-state index contributed by atoms with van der Waals surface area (Å²) in [4.78, 5) is 35.5. The number of thiazole rings is 1. The number of rotatable bonds is 5. The maximum atomic E-state index is 13.4. The number of aromatic nitrogens is 2. The first-order valence-corrected chi connectivity index (χ1v) is 13.4. The molecule has 2 aromatic heterocycles. The molecular formula is C27H23Cl2N3O3S. The minimum absolute atomic E-state index is 0.396. The van der Waals surface area contributed by atoms with Crippen molar-refractivity contribution in [1.82, 2.24) is 9.97 Å². The quantitative estimate of drug-likeness (QED) is 0.215. The topological polar surface area (TPSA) is 81.2 Å². The number of esters is 1. The van der Waals surface area contributed by atoms with Crippen LogP contribution in [0.15, 0.2) is 47.8 Å². The molecule has 6 nitrogen and oxygen atoms in total. The van der Waals surface area contributed by atoms with Gasteiger partial charge in [0, 0.05) is 22.0 Å². The van der Waals surface area contributed by atoms with E-state index in [4.69, 9.17) is 32.9 Å². The van der Waals surface area contributed by atoms with E-state index in [0.717, 1.165) is 59.8 Å². The fourth-order valence-electron chi connectivity index (χ4n) is 4.38. The van der Waals surface area contributed by atoms with Crippen molar-refractivity contribution in [3.63, 3.8) is 0 Å². The summed E-state index contributed by atoms with van der Waals surface area (Å²) in [6.07, 6.45) is 3.73. The smallest absolute Gasteiger partial charge is 0.339 e. The van der Waals surface area contributed by atoms with Gasteiger partial charge in [-0.2, -0.15) is 0 Å². The average molecular weight is 540 g/mol. The van der Waals surface area contributed by atoms with Crippen LogP contribution in [0.2, 0.25) is 10.0 Å². The molecule has 0 spiro atoms. The molecule has 1 aliphatic rings. The van der Waals surface area contributed by atoms with Gasteiger partial charge in [0.1, 0.15) is 0 Å². The standard InChI is InChI=1S/C27H23Cl2N3O3S/c1-15(25(33)32-27-31-23(14-36-27)16-11-12-19(28)20(29)13-16)35-26(34)24-17-7-3-2-4-9-21(17)30-22-10-6-5-8-18(22)24/h5-6,8,10-15H,2-4,7,9H2,1H3,(H,31,32,33)/t15-/m0/s1. The Hall–Kier alpha value is -3.00. The minimum atomic E-state index is -1.01. The van der Waals surface area contributed by atoms with E-state index in [1.807, 2.05) is 29.6 Å². The summed E-state index contributed by atoms with van der Waals surface area (Å²) in [5, 5.41) is 6.58. The van der Waals surface area contributed by atoms with Crippen LogP contribution < -0.4 is 5.32 Å². The number of amides is 1. The van der Waals surface area contributed by atoms with Crippen LogP contribution in [0.4, 0.5) is 5.13 Å². The highest BCUT2D eigenvalue weighted by atomic mass is 35.5. The maximum absolute atomic E-state index is 13.4. The molecule has 1 N–H and O–H groups in total. The maximum Gasteiger partial charge on any atom is 0.339 e. The summed E-state index contributed by atoms with van der Waals surface area (Å²) >= 11 is 13.4. The van der Waals surface area contributed by atoms with Crippen molar-refractivity contribution in [3.8, 4) is 11.3 Å². The first-order valence-electron chi connectivity index (χ1n) is 11.7. The number of halogens is 2. The summed E-state index contributed by atoms with van der Waals surface area (Å²) in [5.74, 6) is -0.965. The summed E-state index contributed by atoms with van der Waals surface area (Å²) in [6, 6.07) is 12.8. The molecule has 0 bridgehead atoms. The van der Waals surface area contributed by atoms with E-state index in [0.29, 0.717) is 26.4 Å². The summed E-state index contributed by atoms with van der Waals surface area (Å²) in [5.41, 5.74) is 4.62. The zero-order valence-electron chi connectivity index (χ0n) is 19.5. The molecule has 0 saturated heterocycles. The number of nitrogens with zero attached hydrogens (tertiary/aromatic N) is 2. The van der Waals surface area contributed by atoms with Gasteiger partial charge in [-0.05, 0) is 56.4 Å². The average Bonchev–Trinajstić information content (AvgIpc) is 3.20. The lowest BCUT2D eigenvalue weighted by Gasteiger charge is -2.17. The molecule has 0 unspecified atom stereocenters. The number of fused-ring (bicyclic) bond motifs is 2. The second kappa shape index (κ2) is 10.5. The Labute approximate surface area is 222 Å². The molecule has 0 saturated carbocycles. The van der Waals surface area contributed by atoms with Crippen LogP contribution in [0.1, 0.15) is 47.8 Å². The van der Waals surface area contributed by atoms with Gasteiger partial charge < -0.3 is 4.74 Å². The molecule has 36 heavy (non-hydrogen) atoms. The number of hydrogen-bond acceptors (Lipinski definition) is 6. The largest absolute Gasteiger partial charge is 0.449 e. The Kier molecular flexibility index (Phi) is 7.23. The number of hydrogen-bond donors (Lipinski definition) is 1. The minimum Gasteiger partial charge on any atom is -0.449 e. The van der Waals surface area contributed by atoms with E-state index in [-0.39, 0.29) is 0 Å². The molecule has 0 aliphatic heterocycles. The second-order valence-electron chi connectivity index (χ2n) is 8.69. The van der Waals surface area contributed by atoms with Crippen LogP contribution in [0.5, 0.6) is 0 Å². The number of carbonyl (C=O) groups is 2. The predicted octanol–water partition coefficient (Wildman–Crippen LogP) is 7.12. The van der Waals surface area contributed by atoms with Crippen LogP contribution >= 0.6 is 34.5 Å². The zero-order valence-corrected chi connectivity index (χ0v) is 21.8. The van der Waals surface area contributed by atoms with Gasteiger partial charge in [-0.15, -0.1) is 11.3 Å². The third kappa shape index (κ3) is 5.09. The Morgan fingerprint density at radius 2 is 1.83 bits per heavy atom. The zero-order chi connectivity index (χ0) is 25.2. The Balaban J connectivity index is 1.34. The Morgan fingerprint density at radius 1 is 1.03 bits per heavy atom. The molecule has 4 aromatic rings. The normalized spacial score (nSPS) is 14.1. The van der Waals surface area contributed by atoms with E-state index in [9.17, 15) is 9.59 Å². The summed E-state index contributed by atoms with van der Waals surface area (Å²) in [7, 11) is 0. The van der Waals surface area contributed by atoms with Crippen molar-refractivity contribution in [3.05, 3.63) is 74.7 Å². The monoisotopic (exact) mass is 539 g/mol. The number of aryl methyl sites for hydroxylation is 1. The van der Waals surface area contributed by atoms with Gasteiger partial charge in [-0.3, -0.25) is 15.1 Å². The van der Waals surface area contributed by atoms with E-state index < -0.39 is 18.0 Å². The predicted molar refractivity (Wildman–Crippen MR) is 144 cm³/mol. The number of ether oxygens (including phenoxy) is 1. The molecular weight excluding hydrogens is 517 g/mol. The third-order valence-corrected chi connectivity index (χ3v) is 7.72. The highest BCUT2D eigenvalue weighted by Gasteiger charge is 2.26. The van der Waals surface area contributed by atoms with Gasteiger partial charge in [0.15, 0.2) is 11.2 Å². The molecule has 1 amide bonds. The van der Waals surface area contributed by atoms with Crippen molar-refractivity contribution in [2.24, 2.45) is 0 Å². The van der Waals surface area contributed by atoms with Gasteiger partial charge in [0.2, 0.25) is 0 Å². The van der Waals surface area contributed by atoms with Crippen molar-refractivity contribution >= 4 is 62.4 Å². The second-order valence-corrected chi connectivity index (χ2v) is 10.4. The molecule has 1 atom stereocenters. The van der Waals surface area contributed by atoms with E-state index in [1.165, 1.54) is 11.3 Å². The molecule has 2 heterocycles. The van der Waals surface area contributed by atoms with Gasteiger partial charge >= 0.3 is 5.97 Å². The number of pyridine rings is 1. The van der Waals surface area contributed by atoms with Gasteiger partial charge in [0.05, 0.1) is 26.8 Å². The van der Waals surface area contributed by atoms with Crippen LogP contribution in [0, 0.1) is 0 Å². The lowest BCUT2D eigenvalue weighted by molar-refractivity contribution is -0.123. The van der Waals surface area contributed by atoms with E-state index in [1.54, 1.807) is 25.1 Å². The lowest BCUT2D eigenvalue weighted by atomic mass is 9.97. The Bertz CT molecular complexity index is 1470. The van der Waals surface area contributed by atoms with Crippen LogP contribution in [-0.2, 0) is 22.4 Å². The summed E-state index contributed by atoms with van der Waals surface area (Å²) < 4.78 is 5.67. The molecule has 0 fully saturated rings. The Morgan fingerprint density at radius 3 is 2.67 bits per heavy atom. The molecule has 1 aliphatic carbocycles. The molecule has 184 valence electrons. The lowest BCUT2D eigenvalue weighted by Crippen LogP contribution is -2.30. The first kappa shape index (κ1) is 24.7. The van der Waals surface area contributed by atoms with E-state index >= 15 is 0 Å². The fraction of sp³-hybridized carbons (Fsp3) is 0.259. The third-order valence-electron chi connectivity index (χ3n) is 6.23. The number of nitrogens with one attached hydrogen (secondary N) is 1. The molecule has 5 rings (SSSR count). The number of para-hydroxylation sites is 1. The van der Waals surface area contributed by atoms with Gasteiger partial charge in [0.25, 0.3) is 5.91 Å². The number of anilines is 1. The van der Waals surface area contributed by atoms with Crippen molar-refractivity contribution in [1.29, 1.82) is 0 Å². The van der Waals surface area contributed by atoms with Gasteiger partial charge in [-0.1, -0.05) is 53.9 Å². The van der Waals surface area contributed by atoms with Crippen molar-refractivity contribution in [2.75, 3.05) is 5.32 Å². The number of carbonyl (C=O) groups excluding carboxylic acids is 2. The summed E-state index contributed by atoms with van der Waals surface area (Å²) in [6.45, 7) is 1.56. The van der Waals surface area contributed by atoms with Crippen molar-refractivity contribution < 1.29 is 14.3 Å². The van der Waals surface area contributed by atoms with Gasteiger partial charge in [-0.25, -0.2) is 9.78 Å². The van der Waals surface area contributed by atoms with Crippen LogP contribution in [-0.4, -0.2) is 27.9 Å². The number of benzene rings is 2. The fourth-order valence-corrected chi connectivity index (χ4v) is 5.40. The highest BCUT2D eigenvalue weighted by molar-refractivity contribution is 7.14. The SMILES string of the molecule is C[C@H](OC(=O)c1c2c(nc3ccccc13)CCCCC2)C(=O)Nc1nc(-c2ccc(Cl)c(Cl)c2)cs1. The molecule has 2 aromatic carbocycles. The van der Waals surface area contributed by atoms with Crippen LogP contribution in [0.25, 0.3) is 22.2 Å². The first-order chi connectivity index (χ1) is 17.4. The molecule has 9 heteroatoms. The van der Waals surface area contributed by atoms with Crippen molar-refractivity contribution in [2.45, 2.75) is 45.1 Å².